The zero-order valence-electron chi connectivity index (χ0n) is 10.5. The fraction of sp³-hybridized carbons (Fsp3) is 0.462. The monoisotopic (exact) mass is 286 g/mol. The molecule has 2 aliphatic rings. The van der Waals surface area contributed by atoms with E-state index in [9.17, 15) is 18.0 Å². The van der Waals surface area contributed by atoms with E-state index < -0.39 is 18.0 Å². The largest absolute Gasteiger partial charge is 0.460 e. The molecule has 1 spiro atoms. The van der Waals surface area contributed by atoms with E-state index in [1.807, 2.05) is 0 Å². The molecule has 20 heavy (non-hydrogen) atoms. The molecule has 0 aliphatic carbocycles. The number of para-hydroxylation sites is 1. The number of hydrogen-bond acceptors (Lipinski definition) is 3. The van der Waals surface area contributed by atoms with Crippen LogP contribution in [0.3, 0.4) is 0 Å². The minimum Gasteiger partial charge on any atom is -0.436 e. The first-order chi connectivity index (χ1) is 9.41. The summed E-state index contributed by atoms with van der Waals surface area (Å²) in [5.74, 6) is 0. The lowest BCUT2D eigenvalue weighted by Gasteiger charge is -2.45. The maximum absolute atomic E-state index is 12.9. The minimum atomic E-state index is -4.42. The van der Waals surface area contributed by atoms with Gasteiger partial charge in [0.15, 0.2) is 5.60 Å². The van der Waals surface area contributed by atoms with Gasteiger partial charge in [-0.2, -0.15) is 13.2 Å². The molecule has 4 nitrogen and oxygen atoms in total. The van der Waals surface area contributed by atoms with Crippen LogP contribution in [-0.2, 0) is 10.3 Å². The lowest BCUT2D eigenvalue weighted by molar-refractivity contribution is -0.266. The van der Waals surface area contributed by atoms with Crippen molar-refractivity contribution in [2.75, 3.05) is 18.4 Å². The Labute approximate surface area is 113 Å². The molecule has 1 aromatic carbocycles. The maximum atomic E-state index is 12.9. The van der Waals surface area contributed by atoms with Crippen LogP contribution in [0.5, 0.6) is 0 Å². The van der Waals surface area contributed by atoms with Crippen molar-refractivity contribution in [2.45, 2.75) is 24.7 Å². The number of piperidine rings is 1. The van der Waals surface area contributed by atoms with Gasteiger partial charge in [-0.25, -0.2) is 9.69 Å². The van der Waals surface area contributed by atoms with Gasteiger partial charge >= 0.3 is 12.4 Å². The second-order valence-corrected chi connectivity index (χ2v) is 5.05. The van der Waals surface area contributed by atoms with Crippen LogP contribution in [0, 0.1) is 0 Å². The fourth-order valence-electron chi connectivity index (χ4n) is 2.90. The molecule has 0 bridgehead atoms. The van der Waals surface area contributed by atoms with Crippen LogP contribution in [-0.4, -0.2) is 30.4 Å². The topological polar surface area (TPSA) is 41.6 Å². The number of ether oxygens (including phenoxy) is 1. The number of nitrogens with zero attached hydrogens (tertiary/aromatic N) is 1. The molecule has 2 aliphatic heterocycles. The Kier molecular flexibility index (Phi) is 2.89. The standard InChI is InChI=1S/C13H13F3N2O2/c14-13(15,16)18-7-3-6-12(8-18)9-4-1-2-5-10(9)17-11(19)20-12/h1-2,4-5H,3,6-8H2,(H,17,19). The van der Waals surface area contributed by atoms with Crippen LogP contribution in [0.4, 0.5) is 23.7 Å². The molecule has 2 heterocycles. The van der Waals surface area contributed by atoms with Gasteiger partial charge in [-0.15, -0.1) is 0 Å². The average molecular weight is 286 g/mol. The number of anilines is 1. The van der Waals surface area contributed by atoms with Crippen molar-refractivity contribution in [1.82, 2.24) is 4.90 Å². The van der Waals surface area contributed by atoms with E-state index in [0.717, 1.165) is 0 Å². The smallest absolute Gasteiger partial charge is 0.436 e. The second-order valence-electron chi connectivity index (χ2n) is 5.05. The van der Waals surface area contributed by atoms with Crippen LogP contribution in [0.2, 0.25) is 0 Å². The quantitative estimate of drug-likeness (QED) is 0.745. The molecule has 1 saturated heterocycles. The van der Waals surface area contributed by atoms with Crippen molar-refractivity contribution in [1.29, 1.82) is 0 Å². The Hall–Kier alpha value is -1.76. The van der Waals surface area contributed by atoms with E-state index in [2.05, 4.69) is 5.32 Å². The number of hydrogen-bond donors (Lipinski definition) is 1. The Morgan fingerprint density at radius 3 is 2.80 bits per heavy atom. The van der Waals surface area contributed by atoms with Gasteiger partial charge in [-0.05, 0) is 18.9 Å². The van der Waals surface area contributed by atoms with E-state index in [4.69, 9.17) is 4.74 Å². The number of nitrogens with one attached hydrogen (secondary N) is 1. The van der Waals surface area contributed by atoms with E-state index in [-0.39, 0.29) is 13.1 Å². The third-order valence-corrected chi connectivity index (χ3v) is 3.76. The molecule has 1 unspecified atom stereocenters. The van der Waals surface area contributed by atoms with Crippen molar-refractivity contribution in [3.05, 3.63) is 29.8 Å². The Balaban J connectivity index is 2.01. The lowest BCUT2D eigenvalue weighted by Crippen LogP contribution is -2.55. The number of likely N-dealkylation sites (tertiary alicyclic amines) is 1. The van der Waals surface area contributed by atoms with E-state index in [0.29, 0.717) is 29.0 Å². The average Bonchev–Trinajstić information content (AvgIpc) is 2.37. The third kappa shape index (κ3) is 2.11. The van der Waals surface area contributed by atoms with Crippen LogP contribution >= 0.6 is 0 Å². The zero-order chi connectivity index (χ0) is 14.4. The molecular weight excluding hydrogens is 273 g/mol. The summed E-state index contributed by atoms with van der Waals surface area (Å²) < 4.78 is 44.0. The van der Waals surface area contributed by atoms with Gasteiger partial charge < -0.3 is 4.74 Å². The van der Waals surface area contributed by atoms with Gasteiger partial charge in [0.1, 0.15) is 0 Å². The molecule has 0 aromatic heterocycles. The summed E-state index contributed by atoms with van der Waals surface area (Å²) in [5, 5.41) is 2.52. The summed E-state index contributed by atoms with van der Waals surface area (Å²) in [5.41, 5.74) is -0.0894. The summed E-state index contributed by atoms with van der Waals surface area (Å²) in [4.78, 5) is 12.0. The molecule has 1 N–H and O–H groups in total. The number of benzene rings is 1. The number of alkyl halides is 3. The third-order valence-electron chi connectivity index (χ3n) is 3.76. The number of halogens is 3. The predicted octanol–water partition coefficient (Wildman–Crippen LogP) is 3.06. The normalized spacial score (nSPS) is 26.9. The minimum absolute atomic E-state index is 0.0710. The molecule has 1 amide bonds. The molecular formula is C13H13F3N2O2. The highest BCUT2D eigenvalue weighted by atomic mass is 19.4. The number of amides is 1. The van der Waals surface area contributed by atoms with Crippen LogP contribution in [0.25, 0.3) is 0 Å². The Morgan fingerprint density at radius 1 is 1.30 bits per heavy atom. The van der Waals surface area contributed by atoms with Gasteiger partial charge in [0, 0.05) is 12.1 Å². The molecule has 3 rings (SSSR count). The zero-order valence-corrected chi connectivity index (χ0v) is 10.5. The summed E-state index contributed by atoms with van der Waals surface area (Å²) in [6.45, 7) is -0.431. The highest BCUT2D eigenvalue weighted by Crippen LogP contribution is 2.44. The predicted molar refractivity (Wildman–Crippen MR) is 65.1 cm³/mol. The van der Waals surface area contributed by atoms with Gasteiger partial charge in [0.2, 0.25) is 0 Å². The van der Waals surface area contributed by atoms with Crippen molar-refractivity contribution < 1.29 is 22.7 Å². The van der Waals surface area contributed by atoms with E-state index in [1.54, 1.807) is 24.3 Å². The molecule has 1 aromatic rings. The van der Waals surface area contributed by atoms with Crippen LogP contribution < -0.4 is 5.32 Å². The number of carbonyl (C=O) groups is 1. The SMILES string of the molecule is O=C1Nc2ccccc2C2(CCCN(C(F)(F)F)C2)O1. The van der Waals surface area contributed by atoms with Crippen molar-refractivity contribution >= 4 is 11.8 Å². The Bertz CT molecular complexity index is 547. The first-order valence-corrected chi connectivity index (χ1v) is 6.32. The highest BCUT2D eigenvalue weighted by molar-refractivity contribution is 5.88. The second kappa shape index (κ2) is 4.37. The van der Waals surface area contributed by atoms with Crippen molar-refractivity contribution in [2.24, 2.45) is 0 Å². The highest BCUT2D eigenvalue weighted by Gasteiger charge is 2.50. The first-order valence-electron chi connectivity index (χ1n) is 6.32. The molecule has 108 valence electrons. The Morgan fingerprint density at radius 2 is 2.05 bits per heavy atom. The van der Waals surface area contributed by atoms with Gasteiger partial charge in [-0.1, -0.05) is 18.2 Å². The van der Waals surface area contributed by atoms with Gasteiger partial charge in [0.05, 0.1) is 12.2 Å². The number of fused-ring (bicyclic) bond motifs is 2. The van der Waals surface area contributed by atoms with E-state index in [1.165, 1.54) is 0 Å². The van der Waals surface area contributed by atoms with E-state index >= 15 is 0 Å². The number of rotatable bonds is 0. The summed E-state index contributed by atoms with van der Waals surface area (Å²) in [6, 6.07) is 6.83. The van der Waals surface area contributed by atoms with Gasteiger partial charge in [-0.3, -0.25) is 5.32 Å². The summed E-state index contributed by atoms with van der Waals surface area (Å²) in [6.07, 6.45) is -4.40. The van der Waals surface area contributed by atoms with Crippen LogP contribution in [0.15, 0.2) is 24.3 Å². The molecule has 1 atom stereocenters. The molecule has 7 heteroatoms. The molecule has 0 saturated carbocycles. The molecule has 1 fully saturated rings. The van der Waals surface area contributed by atoms with Crippen molar-refractivity contribution in [3.8, 4) is 0 Å². The number of carbonyl (C=O) groups excluding carboxylic acids is 1. The van der Waals surface area contributed by atoms with Gasteiger partial charge in [0.25, 0.3) is 0 Å². The lowest BCUT2D eigenvalue weighted by atomic mass is 9.83. The van der Waals surface area contributed by atoms with Crippen LogP contribution in [0.1, 0.15) is 18.4 Å². The fourth-order valence-corrected chi connectivity index (χ4v) is 2.90. The summed E-state index contributed by atoms with van der Waals surface area (Å²) >= 11 is 0. The molecule has 0 radical (unpaired) electrons. The first kappa shape index (κ1) is 13.2. The maximum Gasteiger partial charge on any atom is 0.460 e. The van der Waals surface area contributed by atoms with Crippen molar-refractivity contribution in [3.63, 3.8) is 0 Å². The summed E-state index contributed by atoms with van der Waals surface area (Å²) in [7, 11) is 0.